The van der Waals surface area contributed by atoms with Crippen molar-refractivity contribution < 1.29 is 29.0 Å². The van der Waals surface area contributed by atoms with Crippen LogP contribution in [-0.4, -0.2) is 23.0 Å². The third-order valence-electron chi connectivity index (χ3n) is 1.21. The normalized spacial score (nSPS) is 10.2. The summed E-state index contributed by atoms with van der Waals surface area (Å²) in [6, 6.07) is 0. The van der Waals surface area contributed by atoms with Crippen molar-refractivity contribution in [3.05, 3.63) is 36.8 Å². The summed E-state index contributed by atoms with van der Waals surface area (Å²) in [5, 5.41) is 8.60. The van der Waals surface area contributed by atoms with Gasteiger partial charge >= 0.3 is 17.9 Å². The molecule has 0 unspecified atom stereocenters. The Bertz CT molecular complexity index is 377. The Morgan fingerprint density at radius 1 is 1.31 bits per heavy atom. The standard InChI is InChI=1S/C10H10O6/c1-4-8(11)15-5-7(9(12)13)16-10(14)6(2)3/h4-5H,1-2H2,3H3,(H,12,13). The first-order valence-corrected chi connectivity index (χ1v) is 4.02. The summed E-state index contributed by atoms with van der Waals surface area (Å²) in [6.45, 7) is 7.70. The van der Waals surface area contributed by atoms with Crippen molar-refractivity contribution in [1.82, 2.24) is 0 Å². The van der Waals surface area contributed by atoms with E-state index in [0.717, 1.165) is 6.08 Å². The number of hydrogen-bond acceptors (Lipinski definition) is 5. The first kappa shape index (κ1) is 13.6. The number of carbonyl (C=O) groups is 3. The Labute approximate surface area is 91.5 Å². The number of carboxylic acids is 1. The van der Waals surface area contributed by atoms with E-state index in [4.69, 9.17) is 5.11 Å². The molecule has 0 amide bonds. The van der Waals surface area contributed by atoms with E-state index in [0.29, 0.717) is 6.26 Å². The van der Waals surface area contributed by atoms with Gasteiger partial charge in [-0.2, -0.15) is 0 Å². The van der Waals surface area contributed by atoms with Gasteiger partial charge in [-0.15, -0.1) is 0 Å². The molecule has 0 aliphatic heterocycles. The van der Waals surface area contributed by atoms with E-state index in [1.807, 2.05) is 0 Å². The molecule has 0 saturated carbocycles. The number of ether oxygens (including phenoxy) is 2. The molecule has 0 aliphatic carbocycles. The molecule has 0 bridgehead atoms. The number of hydrogen-bond donors (Lipinski definition) is 1. The van der Waals surface area contributed by atoms with Crippen molar-refractivity contribution in [2.24, 2.45) is 0 Å². The summed E-state index contributed by atoms with van der Waals surface area (Å²) < 4.78 is 8.67. The second-order valence-corrected chi connectivity index (χ2v) is 2.60. The van der Waals surface area contributed by atoms with Crippen molar-refractivity contribution in [3.63, 3.8) is 0 Å². The molecule has 0 heterocycles. The first-order chi connectivity index (χ1) is 7.38. The monoisotopic (exact) mass is 226 g/mol. The fourth-order valence-corrected chi connectivity index (χ4v) is 0.465. The number of aliphatic carboxylic acids is 1. The van der Waals surface area contributed by atoms with Crippen LogP contribution in [0.5, 0.6) is 0 Å². The molecular weight excluding hydrogens is 216 g/mol. The molecule has 0 fully saturated rings. The lowest BCUT2D eigenvalue weighted by Crippen LogP contribution is -2.12. The maximum absolute atomic E-state index is 11.0. The van der Waals surface area contributed by atoms with E-state index >= 15 is 0 Å². The minimum absolute atomic E-state index is 0.0159. The average molecular weight is 226 g/mol. The minimum Gasteiger partial charge on any atom is -0.475 e. The van der Waals surface area contributed by atoms with Gasteiger partial charge in [-0.25, -0.2) is 14.4 Å². The summed E-state index contributed by atoms with van der Waals surface area (Å²) >= 11 is 0. The van der Waals surface area contributed by atoms with Gasteiger partial charge in [0.2, 0.25) is 0 Å². The Balaban J connectivity index is 4.68. The lowest BCUT2D eigenvalue weighted by Gasteiger charge is -2.03. The van der Waals surface area contributed by atoms with Crippen LogP contribution in [-0.2, 0) is 23.9 Å². The number of carbonyl (C=O) groups excluding carboxylic acids is 2. The predicted octanol–water partition coefficient (Wildman–Crippen LogP) is 0.761. The summed E-state index contributed by atoms with van der Waals surface area (Å²) in [6.07, 6.45) is 1.34. The molecule has 0 saturated heterocycles. The molecule has 0 aromatic heterocycles. The van der Waals surface area contributed by atoms with Gasteiger partial charge < -0.3 is 14.6 Å². The highest BCUT2D eigenvalue weighted by Gasteiger charge is 2.15. The molecule has 1 N–H and O–H groups in total. The lowest BCUT2D eigenvalue weighted by molar-refractivity contribution is -0.146. The van der Waals surface area contributed by atoms with Crippen LogP contribution in [0.1, 0.15) is 6.92 Å². The van der Waals surface area contributed by atoms with Crippen molar-refractivity contribution >= 4 is 17.9 Å². The molecule has 6 heteroatoms. The highest BCUT2D eigenvalue weighted by Crippen LogP contribution is 2.03. The van der Waals surface area contributed by atoms with Crippen LogP contribution in [0.3, 0.4) is 0 Å². The Kier molecular flexibility index (Phi) is 5.26. The zero-order chi connectivity index (χ0) is 12.7. The van der Waals surface area contributed by atoms with Crippen LogP contribution in [0.2, 0.25) is 0 Å². The maximum Gasteiger partial charge on any atom is 0.375 e. The van der Waals surface area contributed by atoms with Crippen LogP contribution in [0.4, 0.5) is 0 Å². The summed E-state index contributed by atoms with van der Waals surface area (Å²) in [5.74, 6) is -4.16. The SMILES string of the molecule is C=CC(=O)OC=C(OC(=O)C(=C)C)C(=O)O. The maximum atomic E-state index is 11.0. The van der Waals surface area contributed by atoms with Crippen LogP contribution >= 0.6 is 0 Å². The van der Waals surface area contributed by atoms with Gasteiger partial charge in [-0.1, -0.05) is 13.2 Å². The fourth-order valence-electron chi connectivity index (χ4n) is 0.465. The topological polar surface area (TPSA) is 89.9 Å². The van der Waals surface area contributed by atoms with E-state index < -0.39 is 23.7 Å². The Morgan fingerprint density at radius 3 is 2.25 bits per heavy atom. The molecule has 0 radical (unpaired) electrons. The van der Waals surface area contributed by atoms with E-state index in [9.17, 15) is 14.4 Å². The number of esters is 2. The van der Waals surface area contributed by atoms with Crippen LogP contribution in [0.15, 0.2) is 36.8 Å². The van der Waals surface area contributed by atoms with Gasteiger partial charge in [0.1, 0.15) is 6.26 Å². The van der Waals surface area contributed by atoms with Crippen molar-refractivity contribution in [3.8, 4) is 0 Å². The lowest BCUT2D eigenvalue weighted by atomic mass is 10.4. The Morgan fingerprint density at radius 2 is 1.88 bits per heavy atom. The van der Waals surface area contributed by atoms with E-state index in [2.05, 4.69) is 22.6 Å². The number of carboxylic acid groups (broad SMARTS) is 1. The smallest absolute Gasteiger partial charge is 0.375 e. The summed E-state index contributed by atoms with van der Waals surface area (Å²) in [4.78, 5) is 32.2. The Hall–Kier alpha value is -2.37. The molecule has 16 heavy (non-hydrogen) atoms. The molecule has 0 aliphatic rings. The molecule has 0 atom stereocenters. The van der Waals surface area contributed by atoms with Gasteiger partial charge in [-0.3, -0.25) is 0 Å². The predicted molar refractivity (Wildman–Crippen MR) is 52.9 cm³/mol. The highest BCUT2D eigenvalue weighted by molar-refractivity contribution is 5.93. The molecule has 0 rings (SSSR count). The summed E-state index contributed by atoms with van der Waals surface area (Å²) in [7, 11) is 0. The van der Waals surface area contributed by atoms with Gasteiger partial charge in [0.15, 0.2) is 0 Å². The van der Waals surface area contributed by atoms with E-state index in [-0.39, 0.29) is 5.57 Å². The average Bonchev–Trinajstić information content (AvgIpc) is 2.22. The third kappa shape index (κ3) is 4.75. The second-order valence-electron chi connectivity index (χ2n) is 2.60. The van der Waals surface area contributed by atoms with Crippen LogP contribution in [0, 0.1) is 0 Å². The largest absolute Gasteiger partial charge is 0.475 e. The van der Waals surface area contributed by atoms with Crippen molar-refractivity contribution in [2.75, 3.05) is 0 Å². The van der Waals surface area contributed by atoms with Crippen molar-refractivity contribution in [2.45, 2.75) is 6.92 Å². The first-order valence-electron chi connectivity index (χ1n) is 4.02. The highest BCUT2D eigenvalue weighted by atomic mass is 16.6. The zero-order valence-corrected chi connectivity index (χ0v) is 8.56. The van der Waals surface area contributed by atoms with Gasteiger partial charge in [-0.05, 0) is 6.92 Å². The molecular formula is C10H10O6. The van der Waals surface area contributed by atoms with E-state index in [1.54, 1.807) is 0 Å². The fraction of sp³-hybridized carbons (Fsp3) is 0.100. The molecule has 0 aromatic carbocycles. The van der Waals surface area contributed by atoms with Gasteiger partial charge in [0.05, 0.1) is 0 Å². The minimum atomic E-state index is -1.55. The number of rotatable bonds is 5. The quantitative estimate of drug-likeness (QED) is 0.423. The molecule has 0 aromatic rings. The van der Waals surface area contributed by atoms with Crippen molar-refractivity contribution in [1.29, 1.82) is 0 Å². The second kappa shape index (κ2) is 6.18. The molecule has 6 nitrogen and oxygen atoms in total. The van der Waals surface area contributed by atoms with Crippen LogP contribution in [0.25, 0.3) is 0 Å². The zero-order valence-electron chi connectivity index (χ0n) is 8.56. The molecule has 86 valence electrons. The van der Waals surface area contributed by atoms with Gasteiger partial charge in [0.25, 0.3) is 5.76 Å². The van der Waals surface area contributed by atoms with Gasteiger partial charge in [0, 0.05) is 11.6 Å². The molecule has 0 spiro atoms. The third-order valence-corrected chi connectivity index (χ3v) is 1.21. The summed E-state index contributed by atoms with van der Waals surface area (Å²) in [5.41, 5.74) is 0.0159. The van der Waals surface area contributed by atoms with Crippen LogP contribution < -0.4 is 0 Å². The van der Waals surface area contributed by atoms with E-state index in [1.165, 1.54) is 6.92 Å².